The number of halogens is 1. The minimum Gasteiger partial charge on any atom is -0.459 e. The molecule has 0 aromatic carbocycles. The summed E-state index contributed by atoms with van der Waals surface area (Å²) in [6.45, 7) is 0.658. The van der Waals surface area contributed by atoms with Gasteiger partial charge in [-0.3, -0.25) is 4.79 Å². The first-order valence-corrected chi connectivity index (χ1v) is 8.58. The lowest BCUT2D eigenvalue weighted by atomic mass is 9.63. The van der Waals surface area contributed by atoms with Gasteiger partial charge in [0.15, 0.2) is 5.76 Å². The van der Waals surface area contributed by atoms with Crippen LogP contribution < -0.4 is 11.1 Å². The molecule has 1 atom stereocenters. The highest BCUT2D eigenvalue weighted by Crippen LogP contribution is 2.46. The molecular formula is C18H23ClN2O2. The molecule has 1 saturated carbocycles. The number of allylic oxidation sites excluding steroid dienone is 4. The van der Waals surface area contributed by atoms with Gasteiger partial charge in [-0.1, -0.05) is 23.8 Å². The van der Waals surface area contributed by atoms with Crippen LogP contribution in [0, 0.1) is 11.3 Å². The van der Waals surface area contributed by atoms with Gasteiger partial charge in [0.1, 0.15) is 0 Å². The van der Waals surface area contributed by atoms with E-state index in [1.165, 1.54) is 6.26 Å². The minimum atomic E-state index is -0.135. The van der Waals surface area contributed by atoms with E-state index in [1.54, 1.807) is 12.1 Å². The van der Waals surface area contributed by atoms with Crippen LogP contribution in [0.5, 0.6) is 0 Å². The molecule has 3 rings (SSSR count). The number of carbonyl (C=O) groups is 1. The lowest BCUT2D eigenvalue weighted by Crippen LogP contribution is -2.46. The Morgan fingerprint density at radius 3 is 2.83 bits per heavy atom. The largest absolute Gasteiger partial charge is 0.459 e. The van der Waals surface area contributed by atoms with Gasteiger partial charge in [0.25, 0.3) is 5.91 Å². The van der Waals surface area contributed by atoms with E-state index >= 15 is 0 Å². The van der Waals surface area contributed by atoms with E-state index in [0.29, 0.717) is 18.2 Å². The van der Waals surface area contributed by atoms with Crippen molar-refractivity contribution in [1.29, 1.82) is 0 Å². The standard InChI is InChI=1S/C18H23ClN2O2/c19-14-4-1-3-13(11-14)18(12-20)8-6-15(7-9-18)21-17(22)16-5-2-10-23-16/h1-5,10,13,15H,6-9,11-12,20H2,(H,21,22)/t13?,15-,18+. The molecule has 124 valence electrons. The number of carbonyl (C=O) groups excluding carboxylic acids is 1. The molecule has 0 bridgehead atoms. The maximum atomic E-state index is 12.1. The van der Waals surface area contributed by atoms with Gasteiger partial charge in [0, 0.05) is 11.1 Å². The molecule has 5 heteroatoms. The SMILES string of the molecule is NC[C@]1(C2C=CC=C(Cl)C2)CC[C@@H](NC(=O)c2ccco2)CC1. The first-order valence-electron chi connectivity index (χ1n) is 8.20. The van der Waals surface area contributed by atoms with Crippen molar-refractivity contribution in [2.24, 2.45) is 17.1 Å². The van der Waals surface area contributed by atoms with Crippen molar-refractivity contribution in [3.05, 3.63) is 47.4 Å². The highest BCUT2D eigenvalue weighted by atomic mass is 35.5. The van der Waals surface area contributed by atoms with Crippen molar-refractivity contribution < 1.29 is 9.21 Å². The van der Waals surface area contributed by atoms with E-state index in [0.717, 1.165) is 37.1 Å². The van der Waals surface area contributed by atoms with Crippen molar-refractivity contribution in [2.75, 3.05) is 6.54 Å². The fourth-order valence-electron chi connectivity index (χ4n) is 3.79. The molecule has 0 spiro atoms. The average Bonchev–Trinajstić information content (AvgIpc) is 3.10. The molecule has 1 amide bonds. The molecule has 0 aliphatic heterocycles. The maximum Gasteiger partial charge on any atom is 0.287 e. The summed E-state index contributed by atoms with van der Waals surface area (Å²) in [5.74, 6) is 0.628. The molecule has 1 aromatic heterocycles. The van der Waals surface area contributed by atoms with Gasteiger partial charge < -0.3 is 15.5 Å². The Hall–Kier alpha value is -1.52. The van der Waals surface area contributed by atoms with Crippen molar-refractivity contribution in [3.63, 3.8) is 0 Å². The number of rotatable bonds is 4. The Labute approximate surface area is 141 Å². The second kappa shape index (κ2) is 6.93. The van der Waals surface area contributed by atoms with E-state index in [2.05, 4.69) is 11.4 Å². The smallest absolute Gasteiger partial charge is 0.287 e. The Kier molecular flexibility index (Phi) is 4.93. The summed E-state index contributed by atoms with van der Waals surface area (Å²) in [5, 5.41) is 3.97. The second-order valence-electron chi connectivity index (χ2n) is 6.60. The normalized spacial score (nSPS) is 30.8. The van der Waals surface area contributed by atoms with Gasteiger partial charge in [-0.15, -0.1) is 0 Å². The van der Waals surface area contributed by atoms with Gasteiger partial charge in [-0.2, -0.15) is 0 Å². The van der Waals surface area contributed by atoms with Crippen molar-refractivity contribution in [3.8, 4) is 0 Å². The van der Waals surface area contributed by atoms with Gasteiger partial charge in [-0.25, -0.2) is 0 Å². The van der Waals surface area contributed by atoms with Crippen LogP contribution in [0.25, 0.3) is 0 Å². The van der Waals surface area contributed by atoms with Crippen LogP contribution in [0.15, 0.2) is 46.1 Å². The Morgan fingerprint density at radius 1 is 1.43 bits per heavy atom. The van der Waals surface area contributed by atoms with Crippen LogP contribution in [0.1, 0.15) is 42.7 Å². The molecule has 1 aromatic rings. The number of hydrogen-bond acceptors (Lipinski definition) is 3. The summed E-state index contributed by atoms with van der Waals surface area (Å²) < 4.78 is 5.14. The zero-order chi connectivity index (χ0) is 16.3. The first kappa shape index (κ1) is 16.3. The third-order valence-corrected chi connectivity index (χ3v) is 5.57. The molecule has 4 nitrogen and oxygen atoms in total. The number of furan rings is 1. The monoisotopic (exact) mass is 334 g/mol. The van der Waals surface area contributed by atoms with Crippen LogP contribution in [0.4, 0.5) is 0 Å². The molecule has 23 heavy (non-hydrogen) atoms. The molecular weight excluding hydrogens is 312 g/mol. The zero-order valence-electron chi connectivity index (χ0n) is 13.1. The van der Waals surface area contributed by atoms with Gasteiger partial charge in [0.05, 0.1) is 6.26 Å². The Bertz CT molecular complexity index is 599. The number of nitrogens with one attached hydrogen (secondary N) is 1. The van der Waals surface area contributed by atoms with E-state index < -0.39 is 0 Å². The molecule has 1 fully saturated rings. The lowest BCUT2D eigenvalue weighted by molar-refractivity contribution is 0.0829. The molecule has 0 radical (unpaired) electrons. The van der Waals surface area contributed by atoms with Crippen LogP contribution in [0.2, 0.25) is 0 Å². The predicted molar refractivity (Wildman–Crippen MR) is 91.1 cm³/mol. The zero-order valence-corrected chi connectivity index (χ0v) is 13.9. The summed E-state index contributed by atoms with van der Waals surface area (Å²) in [6, 6.07) is 3.59. The highest BCUT2D eigenvalue weighted by Gasteiger charge is 2.40. The quantitative estimate of drug-likeness (QED) is 0.884. The molecule has 3 N–H and O–H groups in total. The Morgan fingerprint density at radius 2 is 2.22 bits per heavy atom. The van der Waals surface area contributed by atoms with Gasteiger partial charge >= 0.3 is 0 Å². The van der Waals surface area contributed by atoms with E-state index in [1.807, 2.05) is 12.2 Å². The van der Waals surface area contributed by atoms with Crippen LogP contribution in [-0.2, 0) is 0 Å². The molecule has 1 heterocycles. The van der Waals surface area contributed by atoms with E-state index in [-0.39, 0.29) is 17.4 Å². The predicted octanol–water partition coefficient (Wildman–Crippen LogP) is 3.60. The van der Waals surface area contributed by atoms with Gasteiger partial charge in [0.2, 0.25) is 0 Å². The summed E-state index contributed by atoms with van der Waals surface area (Å²) in [5.41, 5.74) is 6.23. The van der Waals surface area contributed by atoms with Crippen LogP contribution in [-0.4, -0.2) is 18.5 Å². The number of hydrogen-bond donors (Lipinski definition) is 2. The fourth-order valence-corrected chi connectivity index (χ4v) is 4.03. The summed E-state index contributed by atoms with van der Waals surface area (Å²) in [4.78, 5) is 12.1. The van der Waals surface area contributed by atoms with Crippen molar-refractivity contribution in [1.82, 2.24) is 5.32 Å². The lowest BCUT2D eigenvalue weighted by Gasteiger charge is -2.44. The highest BCUT2D eigenvalue weighted by molar-refractivity contribution is 6.29. The molecule has 2 aliphatic rings. The van der Waals surface area contributed by atoms with E-state index in [9.17, 15) is 4.79 Å². The van der Waals surface area contributed by atoms with Gasteiger partial charge in [-0.05, 0) is 68.2 Å². The van der Waals surface area contributed by atoms with Crippen molar-refractivity contribution >= 4 is 17.5 Å². The second-order valence-corrected chi connectivity index (χ2v) is 7.09. The van der Waals surface area contributed by atoms with E-state index in [4.69, 9.17) is 21.8 Å². The van der Waals surface area contributed by atoms with Crippen LogP contribution >= 0.6 is 11.6 Å². The summed E-state index contributed by atoms with van der Waals surface area (Å²) in [6.07, 6.45) is 12.5. The number of nitrogens with two attached hydrogens (primary N) is 1. The summed E-state index contributed by atoms with van der Waals surface area (Å²) >= 11 is 6.21. The first-order chi connectivity index (χ1) is 11.1. The Balaban J connectivity index is 1.59. The topological polar surface area (TPSA) is 68.3 Å². The van der Waals surface area contributed by atoms with Crippen molar-refractivity contribution in [2.45, 2.75) is 38.1 Å². The molecule has 2 aliphatic carbocycles. The maximum absolute atomic E-state index is 12.1. The third-order valence-electron chi connectivity index (χ3n) is 5.29. The number of amides is 1. The average molecular weight is 335 g/mol. The minimum absolute atomic E-state index is 0.0941. The molecule has 0 saturated heterocycles. The summed E-state index contributed by atoms with van der Waals surface area (Å²) in [7, 11) is 0. The fraction of sp³-hybridized carbons (Fsp3) is 0.500. The van der Waals surface area contributed by atoms with Crippen LogP contribution in [0.3, 0.4) is 0 Å². The molecule has 1 unspecified atom stereocenters. The third kappa shape index (κ3) is 3.54.